The lowest BCUT2D eigenvalue weighted by atomic mass is 9.82. The van der Waals surface area contributed by atoms with Crippen molar-refractivity contribution in [3.63, 3.8) is 0 Å². The van der Waals surface area contributed by atoms with Gasteiger partial charge in [-0.05, 0) is 66.9 Å². The minimum atomic E-state index is 0.815. The normalized spacial score (nSPS) is 27.9. The van der Waals surface area contributed by atoms with Crippen LogP contribution in [0.3, 0.4) is 0 Å². The fourth-order valence-electron chi connectivity index (χ4n) is 4.99. The average molecular weight is 355 g/mol. The monoisotopic (exact) mass is 354 g/mol. The van der Waals surface area contributed by atoms with E-state index in [4.69, 9.17) is 4.74 Å². The second-order valence-corrected chi connectivity index (χ2v) is 9.04. The number of thioether (sulfide) groups is 1. The molecule has 2 fully saturated rings. The lowest BCUT2D eigenvalue weighted by molar-refractivity contribution is 0.264. The molecule has 2 aromatic rings. The van der Waals surface area contributed by atoms with Gasteiger partial charge in [0.05, 0.1) is 6.61 Å². The highest BCUT2D eigenvalue weighted by Crippen LogP contribution is 2.53. The Balaban J connectivity index is 1.51. The number of hydrogen-bond acceptors (Lipinski definition) is 2. The van der Waals surface area contributed by atoms with E-state index in [1.165, 1.54) is 47.1 Å². The van der Waals surface area contributed by atoms with E-state index in [2.05, 4.69) is 62.0 Å². The molecule has 0 saturated heterocycles. The third kappa shape index (κ3) is 3.43. The molecule has 134 valence electrons. The van der Waals surface area contributed by atoms with Gasteiger partial charge < -0.3 is 4.74 Å². The van der Waals surface area contributed by atoms with Crippen molar-refractivity contribution < 1.29 is 4.74 Å². The first kappa shape index (κ1) is 17.3. The fourth-order valence-corrected chi connectivity index (χ4v) is 6.44. The van der Waals surface area contributed by atoms with Crippen molar-refractivity contribution in [2.24, 2.45) is 23.7 Å². The van der Waals surface area contributed by atoms with Crippen LogP contribution >= 0.6 is 11.8 Å². The number of rotatable bonds is 7. The Morgan fingerprint density at radius 2 is 1.84 bits per heavy atom. The van der Waals surface area contributed by atoms with E-state index in [1.54, 1.807) is 0 Å². The Morgan fingerprint density at radius 1 is 1.04 bits per heavy atom. The molecule has 2 aromatic carbocycles. The summed E-state index contributed by atoms with van der Waals surface area (Å²) >= 11 is 2.07. The van der Waals surface area contributed by atoms with E-state index >= 15 is 0 Å². The molecule has 1 nitrogen and oxygen atoms in total. The standard InChI is InChI=1S/C23H30OS/c1-3-4-13-24-22-11-12-23(20-8-6-5-7-19(20)22)25-15-21-16(2)17-9-10-18(21)14-17/h5-8,11-12,16-18,21H,3-4,9-10,13-15H2,1-2H3. The molecule has 25 heavy (non-hydrogen) atoms. The Labute approximate surface area is 156 Å². The predicted octanol–water partition coefficient (Wildman–Crippen LogP) is 6.79. The van der Waals surface area contributed by atoms with Crippen molar-refractivity contribution in [1.82, 2.24) is 0 Å². The van der Waals surface area contributed by atoms with Crippen LogP contribution in [-0.4, -0.2) is 12.4 Å². The Hall–Kier alpha value is -1.15. The lowest BCUT2D eigenvalue weighted by Gasteiger charge is -2.28. The van der Waals surface area contributed by atoms with Crippen molar-refractivity contribution in [1.29, 1.82) is 0 Å². The minimum absolute atomic E-state index is 0.815. The summed E-state index contributed by atoms with van der Waals surface area (Å²) < 4.78 is 6.04. The maximum atomic E-state index is 6.04. The van der Waals surface area contributed by atoms with Crippen LogP contribution in [0.5, 0.6) is 5.75 Å². The molecule has 0 spiro atoms. The fraction of sp³-hybridized carbons (Fsp3) is 0.565. The molecular formula is C23H30OS. The molecule has 0 radical (unpaired) electrons. The van der Waals surface area contributed by atoms with Crippen molar-refractivity contribution in [2.45, 2.75) is 50.8 Å². The smallest absolute Gasteiger partial charge is 0.127 e. The number of hydrogen-bond donors (Lipinski definition) is 0. The van der Waals surface area contributed by atoms with Gasteiger partial charge in [-0.1, -0.05) is 44.5 Å². The molecule has 2 aliphatic rings. The van der Waals surface area contributed by atoms with E-state index in [0.29, 0.717) is 0 Å². The number of unbranched alkanes of at least 4 members (excludes halogenated alkanes) is 1. The summed E-state index contributed by atoms with van der Waals surface area (Å²) in [5.41, 5.74) is 0. The van der Waals surface area contributed by atoms with Gasteiger partial charge in [-0.3, -0.25) is 0 Å². The quantitative estimate of drug-likeness (QED) is 0.400. The lowest BCUT2D eigenvalue weighted by Crippen LogP contribution is -2.21. The maximum absolute atomic E-state index is 6.04. The average Bonchev–Trinajstić information content (AvgIpc) is 3.23. The molecule has 2 saturated carbocycles. The molecule has 2 heteroatoms. The van der Waals surface area contributed by atoms with Crippen molar-refractivity contribution in [3.05, 3.63) is 36.4 Å². The molecule has 0 aromatic heterocycles. The third-order valence-corrected chi connectivity index (χ3v) is 7.79. The summed E-state index contributed by atoms with van der Waals surface area (Å²) in [6, 6.07) is 13.2. The summed E-state index contributed by atoms with van der Waals surface area (Å²) in [7, 11) is 0. The van der Waals surface area contributed by atoms with Gasteiger partial charge in [0.2, 0.25) is 0 Å². The van der Waals surface area contributed by atoms with Gasteiger partial charge >= 0.3 is 0 Å². The Kier molecular flexibility index (Phi) is 5.26. The summed E-state index contributed by atoms with van der Waals surface area (Å²) in [6.45, 7) is 5.52. The van der Waals surface area contributed by atoms with Gasteiger partial charge in [-0.15, -0.1) is 11.8 Å². The SMILES string of the molecule is CCCCOc1ccc(SCC2C3CCC(C3)C2C)c2ccccc12. The summed E-state index contributed by atoms with van der Waals surface area (Å²) in [5, 5.41) is 2.63. The van der Waals surface area contributed by atoms with Crippen molar-refractivity contribution in [2.75, 3.05) is 12.4 Å². The number of benzene rings is 2. The zero-order valence-electron chi connectivity index (χ0n) is 15.5. The second-order valence-electron chi connectivity index (χ2n) is 7.98. The molecule has 0 amide bonds. The topological polar surface area (TPSA) is 9.23 Å². The molecule has 4 unspecified atom stereocenters. The Morgan fingerprint density at radius 3 is 2.60 bits per heavy atom. The van der Waals surface area contributed by atoms with Crippen LogP contribution in [0, 0.1) is 23.7 Å². The first-order valence-corrected chi connectivity index (χ1v) is 11.0. The highest BCUT2D eigenvalue weighted by Gasteiger charge is 2.44. The highest BCUT2D eigenvalue weighted by molar-refractivity contribution is 7.99. The van der Waals surface area contributed by atoms with Crippen LogP contribution < -0.4 is 4.74 Å². The van der Waals surface area contributed by atoms with Gasteiger partial charge in [0.1, 0.15) is 5.75 Å². The van der Waals surface area contributed by atoms with Gasteiger partial charge in [0.15, 0.2) is 0 Å². The van der Waals surface area contributed by atoms with E-state index in [-0.39, 0.29) is 0 Å². The van der Waals surface area contributed by atoms with E-state index in [9.17, 15) is 0 Å². The zero-order chi connectivity index (χ0) is 17.2. The van der Waals surface area contributed by atoms with Gasteiger partial charge in [-0.2, -0.15) is 0 Å². The van der Waals surface area contributed by atoms with E-state index in [1.807, 2.05) is 0 Å². The van der Waals surface area contributed by atoms with Crippen LogP contribution in [0.25, 0.3) is 10.8 Å². The third-order valence-electron chi connectivity index (χ3n) is 6.57. The second kappa shape index (κ2) is 7.61. The zero-order valence-corrected chi connectivity index (χ0v) is 16.4. The van der Waals surface area contributed by atoms with Gasteiger partial charge in [-0.25, -0.2) is 0 Å². The number of fused-ring (bicyclic) bond motifs is 3. The minimum Gasteiger partial charge on any atom is -0.493 e. The molecule has 0 N–H and O–H groups in total. The molecule has 0 aliphatic heterocycles. The highest BCUT2D eigenvalue weighted by atomic mass is 32.2. The summed E-state index contributed by atoms with van der Waals surface area (Å²) in [5.74, 6) is 6.18. The molecule has 2 bridgehead atoms. The van der Waals surface area contributed by atoms with Gasteiger partial charge in [0.25, 0.3) is 0 Å². The van der Waals surface area contributed by atoms with E-state index < -0.39 is 0 Å². The van der Waals surface area contributed by atoms with Crippen LogP contribution in [-0.2, 0) is 0 Å². The summed E-state index contributed by atoms with van der Waals surface area (Å²) in [6.07, 6.45) is 6.75. The molecule has 4 atom stereocenters. The van der Waals surface area contributed by atoms with Crippen molar-refractivity contribution in [3.8, 4) is 5.75 Å². The van der Waals surface area contributed by atoms with E-state index in [0.717, 1.165) is 42.4 Å². The maximum Gasteiger partial charge on any atom is 0.127 e. The molecule has 0 heterocycles. The van der Waals surface area contributed by atoms with Crippen LogP contribution in [0.2, 0.25) is 0 Å². The first-order chi connectivity index (χ1) is 12.3. The number of ether oxygens (including phenoxy) is 1. The van der Waals surface area contributed by atoms with Gasteiger partial charge in [0, 0.05) is 16.0 Å². The van der Waals surface area contributed by atoms with Crippen LogP contribution in [0.1, 0.15) is 46.0 Å². The van der Waals surface area contributed by atoms with Crippen LogP contribution in [0.15, 0.2) is 41.3 Å². The summed E-state index contributed by atoms with van der Waals surface area (Å²) in [4.78, 5) is 1.42. The largest absolute Gasteiger partial charge is 0.493 e. The Bertz CT molecular complexity index is 723. The molecule has 2 aliphatic carbocycles. The first-order valence-electron chi connectivity index (χ1n) is 10.0. The van der Waals surface area contributed by atoms with Crippen LogP contribution in [0.4, 0.5) is 0 Å². The molecule has 4 rings (SSSR count). The predicted molar refractivity (Wildman–Crippen MR) is 109 cm³/mol. The van der Waals surface area contributed by atoms with Crippen molar-refractivity contribution >= 4 is 22.5 Å². The molecular weight excluding hydrogens is 324 g/mol.